The van der Waals surface area contributed by atoms with Gasteiger partial charge >= 0.3 is 0 Å². The molecule has 0 amide bonds. The van der Waals surface area contributed by atoms with Crippen LogP contribution in [0, 0.1) is 5.82 Å². The van der Waals surface area contributed by atoms with E-state index in [1.165, 1.54) is 13.3 Å². The minimum Gasteiger partial charge on any atom is -0.481 e. The molecule has 1 aromatic carbocycles. The van der Waals surface area contributed by atoms with Crippen LogP contribution in [-0.2, 0) is 16.6 Å². The summed E-state index contributed by atoms with van der Waals surface area (Å²) in [5, 5.41) is 7.10. The number of halogens is 2. The van der Waals surface area contributed by atoms with Gasteiger partial charge < -0.3 is 15.4 Å². The van der Waals surface area contributed by atoms with Crippen molar-refractivity contribution in [3.05, 3.63) is 71.5 Å². The van der Waals surface area contributed by atoms with Crippen molar-refractivity contribution < 1.29 is 17.5 Å². The molecule has 0 atom stereocenters. The van der Waals surface area contributed by atoms with Crippen LogP contribution in [0.4, 0.5) is 15.8 Å². The van der Waals surface area contributed by atoms with E-state index < -0.39 is 15.8 Å². The molecule has 0 radical (unpaired) electrons. The van der Waals surface area contributed by atoms with E-state index in [4.69, 9.17) is 16.3 Å². The fraction of sp³-hybridized carbons (Fsp3) is 0.143. The predicted octanol–water partition coefficient (Wildman–Crippen LogP) is 3.93. The molecule has 0 saturated heterocycles. The number of rotatable bonds is 7. The van der Waals surface area contributed by atoms with Crippen molar-refractivity contribution in [2.75, 3.05) is 19.5 Å². The predicted molar refractivity (Wildman–Crippen MR) is 121 cm³/mol. The van der Waals surface area contributed by atoms with E-state index in [9.17, 15) is 12.8 Å². The maximum absolute atomic E-state index is 13.7. The molecule has 0 unspecified atom stereocenters. The van der Waals surface area contributed by atoms with Crippen LogP contribution >= 0.6 is 11.6 Å². The van der Waals surface area contributed by atoms with Crippen molar-refractivity contribution in [3.63, 3.8) is 0 Å². The molecule has 0 aliphatic carbocycles. The summed E-state index contributed by atoms with van der Waals surface area (Å²) in [5.74, 6) is -0.363. The van der Waals surface area contributed by atoms with E-state index in [-0.39, 0.29) is 10.0 Å². The number of nitrogens with zero attached hydrogens (tertiary/aromatic N) is 3. The fourth-order valence-electron chi connectivity index (χ4n) is 3.30. The van der Waals surface area contributed by atoms with E-state index in [1.807, 2.05) is 12.1 Å². The molecular weight excluding hydrogens is 457 g/mol. The molecule has 4 rings (SSSR count). The Morgan fingerprint density at radius 1 is 1.19 bits per heavy atom. The van der Waals surface area contributed by atoms with Crippen molar-refractivity contribution in [1.82, 2.24) is 19.3 Å². The van der Waals surface area contributed by atoms with E-state index in [0.717, 1.165) is 33.4 Å². The summed E-state index contributed by atoms with van der Waals surface area (Å²) in [6.45, 7) is 0.446. The van der Waals surface area contributed by atoms with E-state index >= 15 is 0 Å². The first-order valence-electron chi connectivity index (χ1n) is 9.45. The molecule has 0 saturated carbocycles. The van der Waals surface area contributed by atoms with Crippen LogP contribution in [0.15, 0.2) is 59.9 Å². The molecule has 2 N–H and O–H groups in total. The van der Waals surface area contributed by atoms with Gasteiger partial charge in [0.25, 0.3) is 10.0 Å². The van der Waals surface area contributed by atoms with E-state index in [2.05, 4.69) is 20.6 Å². The SMILES string of the molecule is CNCc1cn(S(=O)(=O)c2cncc(F)c2)c2cc(Nc3ccc(OC)nc3Cl)ccc12. The standard InChI is InChI=1S/C21H19ClFN5O3S/c1-24-9-13-12-28(32(29,30)16-7-14(23)10-25-11-16)19-8-15(3-4-17(13)19)26-18-5-6-20(31-2)27-21(18)22/h3-8,10-12,24,26H,9H2,1-2H3. The Bertz CT molecular complexity index is 1410. The third-order valence-electron chi connectivity index (χ3n) is 4.77. The summed E-state index contributed by atoms with van der Waals surface area (Å²) < 4.78 is 46.4. The van der Waals surface area contributed by atoms with Gasteiger partial charge in [0.05, 0.1) is 24.5 Å². The molecule has 3 aromatic heterocycles. The lowest BCUT2D eigenvalue weighted by Gasteiger charge is -2.11. The molecular formula is C21H19ClFN5O3S. The number of methoxy groups -OCH3 is 1. The minimum atomic E-state index is -4.09. The first kappa shape index (κ1) is 22.0. The first-order valence-corrected chi connectivity index (χ1v) is 11.3. The molecule has 0 bridgehead atoms. The number of aromatic nitrogens is 3. The Morgan fingerprint density at radius 2 is 2.00 bits per heavy atom. The highest BCUT2D eigenvalue weighted by Gasteiger charge is 2.22. The lowest BCUT2D eigenvalue weighted by atomic mass is 10.1. The molecule has 32 heavy (non-hydrogen) atoms. The Labute approximate surface area is 189 Å². The summed E-state index contributed by atoms with van der Waals surface area (Å²) in [7, 11) is -0.831. The number of nitrogens with one attached hydrogen (secondary N) is 2. The maximum atomic E-state index is 13.7. The Kier molecular flexibility index (Phi) is 6.00. The highest BCUT2D eigenvalue weighted by Crippen LogP contribution is 2.31. The van der Waals surface area contributed by atoms with Gasteiger partial charge in [-0.15, -0.1) is 0 Å². The molecule has 11 heteroatoms. The van der Waals surface area contributed by atoms with Gasteiger partial charge in [-0.2, -0.15) is 4.98 Å². The third-order valence-corrected chi connectivity index (χ3v) is 6.70. The van der Waals surface area contributed by atoms with Crippen molar-refractivity contribution >= 4 is 43.9 Å². The lowest BCUT2D eigenvalue weighted by molar-refractivity contribution is 0.398. The number of pyridine rings is 2. The summed E-state index contributed by atoms with van der Waals surface area (Å²) >= 11 is 6.21. The molecule has 0 aliphatic heterocycles. The fourth-order valence-corrected chi connectivity index (χ4v) is 4.85. The quantitative estimate of drug-likeness (QED) is 0.391. The monoisotopic (exact) mass is 475 g/mol. The molecule has 4 aromatic rings. The first-order chi connectivity index (χ1) is 15.3. The van der Waals surface area contributed by atoms with Crippen LogP contribution < -0.4 is 15.4 Å². The van der Waals surface area contributed by atoms with Crippen molar-refractivity contribution in [2.45, 2.75) is 11.4 Å². The average molecular weight is 476 g/mol. The normalized spacial score (nSPS) is 11.6. The van der Waals surface area contributed by atoms with Gasteiger partial charge in [-0.3, -0.25) is 4.98 Å². The van der Waals surface area contributed by atoms with Gasteiger partial charge in [0.15, 0.2) is 5.15 Å². The zero-order chi connectivity index (χ0) is 22.9. The van der Waals surface area contributed by atoms with Gasteiger partial charge in [0, 0.05) is 36.1 Å². The summed E-state index contributed by atoms with van der Waals surface area (Å²) in [6.07, 6.45) is 3.59. The largest absolute Gasteiger partial charge is 0.481 e. The molecule has 8 nitrogen and oxygen atoms in total. The minimum absolute atomic E-state index is 0.203. The topological polar surface area (TPSA) is 98.1 Å². The highest BCUT2D eigenvalue weighted by atomic mass is 35.5. The van der Waals surface area contributed by atoms with Gasteiger partial charge in [0.1, 0.15) is 10.7 Å². The highest BCUT2D eigenvalue weighted by molar-refractivity contribution is 7.90. The molecule has 0 aliphatic rings. The van der Waals surface area contributed by atoms with Crippen LogP contribution in [0.3, 0.4) is 0 Å². The number of hydrogen-bond acceptors (Lipinski definition) is 7. The van der Waals surface area contributed by atoms with Crippen molar-refractivity contribution in [3.8, 4) is 5.88 Å². The van der Waals surface area contributed by atoms with Gasteiger partial charge in [-0.05, 0) is 36.9 Å². The van der Waals surface area contributed by atoms with Gasteiger partial charge in [-0.1, -0.05) is 17.7 Å². The molecule has 0 fully saturated rings. The van der Waals surface area contributed by atoms with Crippen LogP contribution in [0.1, 0.15) is 5.56 Å². The lowest BCUT2D eigenvalue weighted by Crippen LogP contribution is -2.13. The molecule has 3 heterocycles. The summed E-state index contributed by atoms with van der Waals surface area (Å²) in [5.41, 5.74) is 2.31. The summed E-state index contributed by atoms with van der Waals surface area (Å²) in [6, 6.07) is 9.60. The Hall–Kier alpha value is -3.21. The smallest absolute Gasteiger partial charge is 0.269 e. The number of ether oxygens (including phenoxy) is 1. The number of fused-ring (bicyclic) bond motifs is 1. The Balaban J connectivity index is 1.83. The number of hydrogen-bond donors (Lipinski definition) is 2. The van der Waals surface area contributed by atoms with E-state index in [1.54, 1.807) is 25.2 Å². The second-order valence-corrected chi connectivity index (χ2v) is 9.05. The second-order valence-electron chi connectivity index (χ2n) is 6.87. The average Bonchev–Trinajstić information content (AvgIpc) is 3.14. The van der Waals surface area contributed by atoms with Crippen molar-refractivity contribution in [2.24, 2.45) is 0 Å². The van der Waals surface area contributed by atoms with Gasteiger partial charge in [-0.25, -0.2) is 16.8 Å². The van der Waals surface area contributed by atoms with Crippen LogP contribution in [0.5, 0.6) is 5.88 Å². The zero-order valence-electron chi connectivity index (χ0n) is 17.1. The van der Waals surface area contributed by atoms with E-state index in [0.29, 0.717) is 29.3 Å². The molecule has 166 valence electrons. The number of benzene rings is 1. The van der Waals surface area contributed by atoms with Crippen LogP contribution in [0.25, 0.3) is 10.9 Å². The van der Waals surface area contributed by atoms with Gasteiger partial charge in [0.2, 0.25) is 5.88 Å². The second kappa shape index (κ2) is 8.73. The molecule has 0 spiro atoms. The number of anilines is 2. The zero-order valence-corrected chi connectivity index (χ0v) is 18.7. The van der Waals surface area contributed by atoms with Crippen LogP contribution in [0.2, 0.25) is 5.15 Å². The Morgan fingerprint density at radius 3 is 2.69 bits per heavy atom. The van der Waals surface area contributed by atoms with Crippen molar-refractivity contribution in [1.29, 1.82) is 0 Å². The summed E-state index contributed by atoms with van der Waals surface area (Å²) in [4.78, 5) is 7.54. The third kappa shape index (κ3) is 4.12. The maximum Gasteiger partial charge on any atom is 0.269 e. The van der Waals surface area contributed by atoms with Crippen LogP contribution in [-0.4, -0.2) is 36.5 Å².